The van der Waals surface area contributed by atoms with Gasteiger partial charge in [-0.3, -0.25) is 9.69 Å². The molecular formula is C18H24N4OS. The highest BCUT2D eigenvalue weighted by molar-refractivity contribution is 7.09. The van der Waals surface area contributed by atoms with Gasteiger partial charge in [-0.1, -0.05) is 30.3 Å². The van der Waals surface area contributed by atoms with Crippen molar-refractivity contribution in [2.75, 3.05) is 26.7 Å². The lowest BCUT2D eigenvalue weighted by atomic mass is 9.89. The number of benzene rings is 1. The molecule has 1 aromatic heterocycles. The molecule has 0 unspecified atom stereocenters. The van der Waals surface area contributed by atoms with Crippen LogP contribution in [0.1, 0.15) is 22.2 Å². The van der Waals surface area contributed by atoms with Crippen molar-refractivity contribution in [2.24, 2.45) is 11.7 Å². The molecule has 0 radical (unpaired) electrons. The quantitative estimate of drug-likeness (QED) is 0.835. The lowest BCUT2D eigenvalue weighted by Crippen LogP contribution is -2.23. The lowest BCUT2D eigenvalue weighted by Gasteiger charge is -2.16. The van der Waals surface area contributed by atoms with Gasteiger partial charge in [0, 0.05) is 38.0 Å². The van der Waals surface area contributed by atoms with E-state index in [1.165, 1.54) is 5.56 Å². The van der Waals surface area contributed by atoms with Crippen LogP contribution in [0.15, 0.2) is 35.7 Å². The summed E-state index contributed by atoms with van der Waals surface area (Å²) >= 11 is 1.56. The number of nitrogens with two attached hydrogens (primary N) is 1. The molecule has 0 spiro atoms. The summed E-state index contributed by atoms with van der Waals surface area (Å²) in [5.41, 5.74) is 8.42. The Labute approximate surface area is 146 Å². The summed E-state index contributed by atoms with van der Waals surface area (Å²) in [4.78, 5) is 18.5. The number of carbonyl (C=O) groups is 1. The normalized spacial score (nSPS) is 21.1. The fraction of sp³-hybridized carbons (Fsp3) is 0.444. The number of thiazole rings is 1. The molecule has 2 aromatic rings. The molecule has 1 aliphatic rings. The molecule has 5 nitrogen and oxygen atoms in total. The molecule has 0 aliphatic carbocycles. The van der Waals surface area contributed by atoms with E-state index >= 15 is 0 Å². The summed E-state index contributed by atoms with van der Waals surface area (Å²) in [5, 5.41) is 5.57. The van der Waals surface area contributed by atoms with E-state index in [-0.39, 0.29) is 5.91 Å². The molecular weight excluding hydrogens is 320 g/mol. The maximum Gasteiger partial charge on any atom is 0.226 e. The summed E-state index contributed by atoms with van der Waals surface area (Å²) in [5.74, 6) is 0.973. The number of amides is 1. The maximum atomic E-state index is 11.4. The molecule has 128 valence electrons. The minimum atomic E-state index is 0.00408. The highest BCUT2D eigenvalue weighted by Gasteiger charge is 2.32. The molecule has 1 amide bonds. The standard InChI is InChI=1S/C18H24N4OS/c1-20-17(23)7-18-21-15(12-24-18)10-22-9-14(8-19)16(11-22)13-5-3-2-4-6-13/h2-6,12,14,16H,7-11,19H2,1H3,(H,20,23)/t14-,16+/m1/s1. The fourth-order valence-electron chi connectivity index (χ4n) is 3.36. The zero-order valence-corrected chi connectivity index (χ0v) is 14.8. The number of nitrogens with zero attached hydrogens (tertiary/aromatic N) is 2. The molecule has 6 heteroatoms. The Kier molecular flexibility index (Phi) is 5.60. The van der Waals surface area contributed by atoms with E-state index in [0.717, 1.165) is 30.3 Å². The van der Waals surface area contributed by atoms with E-state index in [9.17, 15) is 4.79 Å². The largest absolute Gasteiger partial charge is 0.359 e. The van der Waals surface area contributed by atoms with Crippen molar-refractivity contribution < 1.29 is 4.79 Å². The van der Waals surface area contributed by atoms with Gasteiger partial charge in [0.25, 0.3) is 0 Å². The Hall–Kier alpha value is -1.76. The van der Waals surface area contributed by atoms with Crippen LogP contribution in [0.3, 0.4) is 0 Å². The summed E-state index contributed by atoms with van der Waals surface area (Å²) in [6.07, 6.45) is 0.360. The topological polar surface area (TPSA) is 71.2 Å². The van der Waals surface area contributed by atoms with Gasteiger partial charge in [-0.25, -0.2) is 4.98 Å². The maximum absolute atomic E-state index is 11.4. The highest BCUT2D eigenvalue weighted by Crippen LogP contribution is 2.32. The number of nitrogens with one attached hydrogen (secondary N) is 1. The number of hydrogen-bond donors (Lipinski definition) is 2. The molecule has 3 N–H and O–H groups in total. The van der Waals surface area contributed by atoms with Crippen LogP contribution < -0.4 is 11.1 Å². The van der Waals surface area contributed by atoms with Crippen LogP contribution in [0.25, 0.3) is 0 Å². The summed E-state index contributed by atoms with van der Waals surface area (Å²) in [6.45, 7) is 3.53. The Morgan fingerprint density at radius 1 is 1.38 bits per heavy atom. The number of carbonyl (C=O) groups excluding carboxylic acids is 1. The molecule has 1 saturated heterocycles. The zero-order chi connectivity index (χ0) is 16.9. The zero-order valence-electron chi connectivity index (χ0n) is 13.9. The number of hydrogen-bond acceptors (Lipinski definition) is 5. The van der Waals surface area contributed by atoms with E-state index in [2.05, 4.69) is 50.9 Å². The van der Waals surface area contributed by atoms with Gasteiger partial charge in [-0.2, -0.15) is 0 Å². The minimum Gasteiger partial charge on any atom is -0.359 e. The first kappa shape index (κ1) is 17.1. The van der Waals surface area contributed by atoms with E-state index < -0.39 is 0 Å². The van der Waals surface area contributed by atoms with Gasteiger partial charge in [-0.05, 0) is 18.0 Å². The molecule has 24 heavy (non-hydrogen) atoms. The third-order valence-corrected chi connectivity index (χ3v) is 5.52. The number of aromatic nitrogens is 1. The van der Waals surface area contributed by atoms with Gasteiger partial charge < -0.3 is 11.1 Å². The average molecular weight is 344 g/mol. The Balaban J connectivity index is 1.63. The summed E-state index contributed by atoms with van der Waals surface area (Å²) in [6, 6.07) is 10.6. The fourth-order valence-corrected chi connectivity index (χ4v) is 4.15. The van der Waals surface area contributed by atoms with E-state index in [1.54, 1.807) is 18.4 Å². The van der Waals surface area contributed by atoms with Crippen molar-refractivity contribution in [1.29, 1.82) is 0 Å². The van der Waals surface area contributed by atoms with E-state index in [4.69, 9.17) is 5.73 Å². The number of rotatable bonds is 6. The van der Waals surface area contributed by atoms with Crippen molar-refractivity contribution in [1.82, 2.24) is 15.2 Å². The van der Waals surface area contributed by atoms with Crippen LogP contribution in [0.2, 0.25) is 0 Å². The first-order valence-corrected chi connectivity index (χ1v) is 9.18. The first-order valence-electron chi connectivity index (χ1n) is 8.30. The van der Waals surface area contributed by atoms with E-state index in [1.807, 2.05) is 0 Å². The van der Waals surface area contributed by atoms with Crippen molar-refractivity contribution >= 4 is 17.2 Å². The SMILES string of the molecule is CNC(=O)Cc1nc(CN2C[C@@H](CN)[C@H](c3ccccc3)C2)cs1. The molecule has 0 saturated carbocycles. The van der Waals surface area contributed by atoms with Crippen LogP contribution in [0.5, 0.6) is 0 Å². The molecule has 2 atom stereocenters. The van der Waals surface area contributed by atoms with Crippen molar-refractivity contribution in [3.63, 3.8) is 0 Å². The van der Waals surface area contributed by atoms with Crippen LogP contribution in [-0.4, -0.2) is 42.5 Å². The molecule has 2 heterocycles. The molecule has 0 bridgehead atoms. The smallest absolute Gasteiger partial charge is 0.226 e. The molecule has 1 aromatic carbocycles. The Morgan fingerprint density at radius 3 is 2.88 bits per heavy atom. The Bertz CT molecular complexity index is 673. The second-order valence-electron chi connectivity index (χ2n) is 6.29. The first-order chi connectivity index (χ1) is 11.7. The van der Waals surface area contributed by atoms with Crippen molar-refractivity contribution in [3.05, 3.63) is 52.0 Å². The highest BCUT2D eigenvalue weighted by atomic mass is 32.1. The number of likely N-dealkylation sites (N-methyl/N-ethyl adjacent to an activating group) is 1. The van der Waals surface area contributed by atoms with Gasteiger partial charge in [0.05, 0.1) is 12.1 Å². The minimum absolute atomic E-state index is 0.00408. The molecule has 1 fully saturated rings. The van der Waals surface area contributed by atoms with Gasteiger partial charge >= 0.3 is 0 Å². The molecule has 1 aliphatic heterocycles. The van der Waals surface area contributed by atoms with Gasteiger partial charge in [0.2, 0.25) is 5.91 Å². The van der Waals surface area contributed by atoms with Crippen LogP contribution >= 0.6 is 11.3 Å². The summed E-state index contributed by atoms with van der Waals surface area (Å²) in [7, 11) is 1.65. The number of likely N-dealkylation sites (tertiary alicyclic amines) is 1. The van der Waals surface area contributed by atoms with Crippen molar-refractivity contribution in [2.45, 2.75) is 18.9 Å². The van der Waals surface area contributed by atoms with Gasteiger partial charge in [0.1, 0.15) is 5.01 Å². The van der Waals surface area contributed by atoms with E-state index in [0.29, 0.717) is 24.8 Å². The predicted molar refractivity (Wildman–Crippen MR) is 96.9 cm³/mol. The second-order valence-corrected chi connectivity index (χ2v) is 7.23. The predicted octanol–water partition coefficient (Wildman–Crippen LogP) is 1.61. The van der Waals surface area contributed by atoms with Crippen LogP contribution in [-0.2, 0) is 17.8 Å². The van der Waals surface area contributed by atoms with Gasteiger partial charge in [-0.15, -0.1) is 11.3 Å². The van der Waals surface area contributed by atoms with Crippen LogP contribution in [0, 0.1) is 5.92 Å². The summed E-state index contributed by atoms with van der Waals surface area (Å²) < 4.78 is 0. The second kappa shape index (κ2) is 7.88. The van der Waals surface area contributed by atoms with Crippen molar-refractivity contribution in [3.8, 4) is 0 Å². The van der Waals surface area contributed by atoms with Gasteiger partial charge in [0.15, 0.2) is 0 Å². The average Bonchev–Trinajstić information content (AvgIpc) is 3.22. The third-order valence-electron chi connectivity index (χ3n) is 4.62. The third kappa shape index (κ3) is 4.01. The molecule has 3 rings (SSSR count). The van der Waals surface area contributed by atoms with Crippen LogP contribution in [0.4, 0.5) is 0 Å². The lowest BCUT2D eigenvalue weighted by molar-refractivity contribution is -0.119. The monoisotopic (exact) mass is 344 g/mol. The Morgan fingerprint density at radius 2 is 2.17 bits per heavy atom.